The number of benzene rings is 1. The van der Waals surface area contributed by atoms with E-state index in [-0.39, 0.29) is 17.5 Å². The van der Waals surface area contributed by atoms with E-state index in [0.717, 1.165) is 30.8 Å². The van der Waals surface area contributed by atoms with E-state index in [1.165, 1.54) is 6.07 Å². The third-order valence-electron chi connectivity index (χ3n) is 4.05. The topological polar surface area (TPSA) is 58.1 Å². The molecule has 2 heterocycles. The first kappa shape index (κ1) is 16.3. The molecule has 24 heavy (non-hydrogen) atoms. The fourth-order valence-electron chi connectivity index (χ4n) is 2.79. The Bertz CT molecular complexity index is 753. The quantitative estimate of drug-likeness (QED) is 0.939. The summed E-state index contributed by atoms with van der Waals surface area (Å²) in [6, 6.07) is 4.91. The highest BCUT2D eigenvalue weighted by atomic mass is 19.1. The molecule has 1 unspecified atom stereocenters. The fourth-order valence-corrected chi connectivity index (χ4v) is 2.79. The Morgan fingerprint density at radius 2 is 2.17 bits per heavy atom. The zero-order chi connectivity index (χ0) is 17.1. The van der Waals surface area contributed by atoms with E-state index in [1.807, 2.05) is 17.9 Å². The number of aromatic nitrogens is 2. The van der Waals surface area contributed by atoms with Crippen LogP contribution in [-0.4, -0.2) is 29.0 Å². The maximum Gasteiger partial charge on any atom is 0.229 e. The monoisotopic (exact) mass is 332 g/mol. The van der Waals surface area contributed by atoms with Gasteiger partial charge in [0.1, 0.15) is 11.6 Å². The lowest BCUT2D eigenvalue weighted by Gasteiger charge is -2.32. The van der Waals surface area contributed by atoms with Crippen molar-refractivity contribution >= 4 is 17.5 Å². The molecule has 1 aliphatic rings. The number of amides is 1. The second-order valence-corrected chi connectivity index (χ2v) is 5.90. The molecule has 1 atom stereocenters. The van der Waals surface area contributed by atoms with Gasteiger partial charge in [0.25, 0.3) is 0 Å². The van der Waals surface area contributed by atoms with Crippen LogP contribution in [0.3, 0.4) is 0 Å². The summed E-state index contributed by atoms with van der Waals surface area (Å²) < 4.78 is 26.6. The minimum absolute atomic E-state index is 0.00895. The smallest absolute Gasteiger partial charge is 0.229 e. The highest BCUT2D eigenvalue weighted by Gasteiger charge is 2.27. The molecule has 0 radical (unpaired) electrons. The molecule has 1 N–H and O–H groups in total. The Morgan fingerprint density at radius 1 is 1.33 bits per heavy atom. The number of halogens is 2. The van der Waals surface area contributed by atoms with Gasteiger partial charge in [-0.1, -0.05) is 0 Å². The normalized spacial score (nSPS) is 17.6. The van der Waals surface area contributed by atoms with Gasteiger partial charge in [0.15, 0.2) is 0 Å². The van der Waals surface area contributed by atoms with E-state index < -0.39 is 11.6 Å². The molecule has 3 rings (SSSR count). The molecule has 1 amide bonds. The second-order valence-electron chi connectivity index (χ2n) is 5.90. The standard InChI is InChI=1S/C17H18F2N4O/c1-11-6-7-20-17(21-11)23-8-2-3-12(10-23)16(24)22-15-5-4-13(18)9-14(15)19/h4-7,9,12H,2-3,8,10H2,1H3,(H,22,24). The number of hydrogen-bond acceptors (Lipinski definition) is 4. The third kappa shape index (κ3) is 3.67. The molecule has 1 aromatic heterocycles. The van der Waals surface area contributed by atoms with Gasteiger partial charge in [0, 0.05) is 31.0 Å². The molecule has 126 valence electrons. The van der Waals surface area contributed by atoms with E-state index >= 15 is 0 Å². The predicted molar refractivity (Wildman–Crippen MR) is 86.7 cm³/mol. The maximum absolute atomic E-state index is 13.7. The zero-order valence-electron chi connectivity index (χ0n) is 13.3. The first-order chi connectivity index (χ1) is 11.5. The first-order valence-corrected chi connectivity index (χ1v) is 7.83. The van der Waals surface area contributed by atoms with Crippen LogP contribution >= 0.6 is 0 Å². The molecule has 0 aliphatic carbocycles. The van der Waals surface area contributed by atoms with Gasteiger partial charge in [-0.15, -0.1) is 0 Å². The van der Waals surface area contributed by atoms with Gasteiger partial charge in [-0.3, -0.25) is 4.79 Å². The van der Waals surface area contributed by atoms with Crippen LogP contribution in [0.2, 0.25) is 0 Å². The third-order valence-corrected chi connectivity index (χ3v) is 4.05. The van der Waals surface area contributed by atoms with E-state index in [0.29, 0.717) is 18.9 Å². The number of carbonyl (C=O) groups is 1. The van der Waals surface area contributed by atoms with Crippen LogP contribution in [0.25, 0.3) is 0 Å². The zero-order valence-corrected chi connectivity index (χ0v) is 13.3. The Labute approximate surface area is 138 Å². The molecular formula is C17H18F2N4O. The Morgan fingerprint density at radius 3 is 2.92 bits per heavy atom. The van der Waals surface area contributed by atoms with E-state index in [1.54, 1.807) is 6.20 Å². The number of hydrogen-bond donors (Lipinski definition) is 1. The summed E-state index contributed by atoms with van der Waals surface area (Å²) in [5.41, 5.74) is 0.852. The van der Waals surface area contributed by atoms with Crippen LogP contribution in [0.4, 0.5) is 20.4 Å². The molecular weight excluding hydrogens is 314 g/mol. The lowest BCUT2D eigenvalue weighted by atomic mass is 9.97. The SMILES string of the molecule is Cc1ccnc(N2CCCC(C(=O)Nc3ccc(F)cc3F)C2)n1. The molecule has 2 aromatic rings. The highest BCUT2D eigenvalue weighted by Crippen LogP contribution is 2.23. The van der Waals surface area contributed by atoms with Crippen molar-refractivity contribution in [3.8, 4) is 0 Å². The highest BCUT2D eigenvalue weighted by molar-refractivity contribution is 5.93. The number of aryl methyl sites for hydroxylation is 1. The molecule has 0 bridgehead atoms. The molecule has 1 aromatic carbocycles. The summed E-state index contributed by atoms with van der Waals surface area (Å²) >= 11 is 0. The van der Waals surface area contributed by atoms with Crippen LogP contribution in [0.1, 0.15) is 18.5 Å². The molecule has 1 saturated heterocycles. The maximum atomic E-state index is 13.7. The average Bonchev–Trinajstić information content (AvgIpc) is 2.57. The summed E-state index contributed by atoms with van der Waals surface area (Å²) in [5.74, 6) is -1.44. The number of nitrogens with zero attached hydrogens (tertiary/aromatic N) is 3. The number of anilines is 2. The second kappa shape index (κ2) is 6.90. The molecule has 0 saturated carbocycles. The van der Waals surface area contributed by atoms with Gasteiger partial charge < -0.3 is 10.2 Å². The summed E-state index contributed by atoms with van der Waals surface area (Å²) in [7, 11) is 0. The van der Waals surface area contributed by atoms with E-state index in [9.17, 15) is 13.6 Å². The summed E-state index contributed by atoms with van der Waals surface area (Å²) in [4.78, 5) is 23.0. The van der Waals surface area contributed by atoms with Crippen molar-refractivity contribution in [2.24, 2.45) is 5.92 Å². The number of piperidine rings is 1. The van der Waals surface area contributed by atoms with Crippen LogP contribution in [-0.2, 0) is 4.79 Å². The van der Waals surface area contributed by atoms with Crippen molar-refractivity contribution < 1.29 is 13.6 Å². The minimum Gasteiger partial charge on any atom is -0.340 e. The lowest BCUT2D eigenvalue weighted by molar-refractivity contribution is -0.120. The van der Waals surface area contributed by atoms with Gasteiger partial charge in [-0.2, -0.15) is 0 Å². The van der Waals surface area contributed by atoms with Gasteiger partial charge in [0.2, 0.25) is 11.9 Å². The fraction of sp³-hybridized carbons (Fsp3) is 0.353. The number of nitrogens with one attached hydrogen (secondary N) is 1. The van der Waals surface area contributed by atoms with Crippen molar-refractivity contribution in [3.63, 3.8) is 0 Å². The van der Waals surface area contributed by atoms with Gasteiger partial charge in [0.05, 0.1) is 11.6 Å². The Hall–Kier alpha value is -2.57. The minimum atomic E-state index is -0.780. The van der Waals surface area contributed by atoms with Crippen LogP contribution in [0.5, 0.6) is 0 Å². The van der Waals surface area contributed by atoms with Crippen LogP contribution in [0.15, 0.2) is 30.5 Å². The molecule has 0 spiro atoms. The molecule has 1 fully saturated rings. The van der Waals surface area contributed by atoms with Crippen molar-refractivity contribution in [1.82, 2.24) is 9.97 Å². The van der Waals surface area contributed by atoms with Crippen molar-refractivity contribution in [2.45, 2.75) is 19.8 Å². The van der Waals surface area contributed by atoms with Gasteiger partial charge >= 0.3 is 0 Å². The molecule has 1 aliphatic heterocycles. The molecule has 7 heteroatoms. The predicted octanol–water partition coefficient (Wildman–Crippen LogP) is 2.92. The molecule has 5 nitrogen and oxygen atoms in total. The van der Waals surface area contributed by atoms with E-state index in [2.05, 4.69) is 15.3 Å². The van der Waals surface area contributed by atoms with Crippen molar-refractivity contribution in [1.29, 1.82) is 0 Å². The number of carbonyl (C=O) groups excluding carboxylic acids is 1. The summed E-state index contributed by atoms with van der Waals surface area (Å²) in [6.07, 6.45) is 3.22. The Kier molecular flexibility index (Phi) is 4.69. The van der Waals surface area contributed by atoms with Crippen molar-refractivity contribution in [3.05, 3.63) is 47.8 Å². The number of rotatable bonds is 3. The van der Waals surface area contributed by atoms with Crippen molar-refractivity contribution in [2.75, 3.05) is 23.3 Å². The average molecular weight is 332 g/mol. The first-order valence-electron chi connectivity index (χ1n) is 7.83. The Balaban J connectivity index is 1.69. The van der Waals surface area contributed by atoms with Crippen LogP contribution in [0, 0.1) is 24.5 Å². The largest absolute Gasteiger partial charge is 0.340 e. The van der Waals surface area contributed by atoms with E-state index in [4.69, 9.17) is 0 Å². The van der Waals surface area contributed by atoms with Gasteiger partial charge in [-0.25, -0.2) is 18.7 Å². The summed E-state index contributed by atoms with van der Waals surface area (Å²) in [6.45, 7) is 3.13. The van der Waals surface area contributed by atoms with Gasteiger partial charge in [-0.05, 0) is 38.0 Å². The summed E-state index contributed by atoms with van der Waals surface area (Å²) in [5, 5.41) is 2.54. The lowest BCUT2D eigenvalue weighted by Crippen LogP contribution is -2.41. The van der Waals surface area contributed by atoms with Crippen LogP contribution < -0.4 is 10.2 Å².